The summed E-state index contributed by atoms with van der Waals surface area (Å²) >= 11 is 0. The van der Waals surface area contributed by atoms with Crippen molar-refractivity contribution in [2.45, 2.75) is 25.7 Å². The van der Waals surface area contributed by atoms with Crippen LogP contribution in [0.4, 0.5) is 5.69 Å². The molecule has 0 radical (unpaired) electrons. The Balaban J connectivity index is 2.97. The van der Waals surface area contributed by atoms with E-state index in [1.165, 1.54) is 12.1 Å². The first-order chi connectivity index (χ1) is 8.56. The zero-order valence-corrected chi connectivity index (χ0v) is 12.0. The third-order valence-corrected chi connectivity index (χ3v) is 4.42. The van der Waals surface area contributed by atoms with E-state index in [-0.39, 0.29) is 11.4 Å². The number of hydrogen-bond donors (Lipinski definition) is 3. The molecule has 0 heterocycles. The predicted octanol–water partition coefficient (Wildman–Crippen LogP) is 0.367. The first-order valence-electron chi connectivity index (χ1n) is 5.72. The van der Waals surface area contributed by atoms with Crippen LogP contribution in [0, 0.1) is 12.3 Å². The van der Waals surface area contributed by atoms with Crippen molar-refractivity contribution in [2.75, 3.05) is 12.3 Å². The van der Waals surface area contributed by atoms with Gasteiger partial charge in [0.2, 0.25) is 15.9 Å². The maximum absolute atomic E-state index is 12.1. The monoisotopic (exact) mass is 285 g/mol. The largest absolute Gasteiger partial charge is 0.399 e. The van der Waals surface area contributed by atoms with Gasteiger partial charge < -0.3 is 11.5 Å². The lowest BCUT2D eigenvalue weighted by molar-refractivity contribution is -0.125. The minimum absolute atomic E-state index is 0.0610. The number of amides is 1. The molecule has 1 rings (SSSR count). The Labute approximate surface area is 113 Å². The average Bonchev–Trinajstić information content (AvgIpc) is 2.26. The summed E-state index contributed by atoms with van der Waals surface area (Å²) < 4.78 is 26.6. The summed E-state index contributed by atoms with van der Waals surface area (Å²) in [6.45, 7) is 4.75. The number of primary amides is 1. The summed E-state index contributed by atoms with van der Waals surface area (Å²) in [7, 11) is -3.69. The lowest BCUT2D eigenvalue weighted by Crippen LogP contribution is -2.42. The number of carbonyl (C=O) groups is 1. The molecule has 0 aliphatic carbocycles. The van der Waals surface area contributed by atoms with E-state index in [4.69, 9.17) is 11.5 Å². The highest BCUT2D eigenvalue weighted by Gasteiger charge is 2.28. The number of carbonyl (C=O) groups excluding carboxylic acids is 1. The van der Waals surface area contributed by atoms with Crippen LogP contribution >= 0.6 is 0 Å². The minimum Gasteiger partial charge on any atom is -0.399 e. The van der Waals surface area contributed by atoms with Crippen LogP contribution in [-0.4, -0.2) is 20.9 Å². The van der Waals surface area contributed by atoms with E-state index in [9.17, 15) is 13.2 Å². The van der Waals surface area contributed by atoms with Crippen LogP contribution in [0.5, 0.6) is 0 Å². The fourth-order valence-corrected chi connectivity index (χ4v) is 2.85. The van der Waals surface area contributed by atoms with E-state index in [0.717, 1.165) is 0 Å². The molecule has 5 N–H and O–H groups in total. The summed E-state index contributed by atoms with van der Waals surface area (Å²) in [5.74, 6) is -0.566. The number of hydrogen-bond acceptors (Lipinski definition) is 4. The van der Waals surface area contributed by atoms with Gasteiger partial charge in [-0.2, -0.15) is 0 Å². The SMILES string of the molecule is Cc1cc(N)ccc1S(=O)(=O)NCC(C)(C)C(N)=O. The van der Waals surface area contributed by atoms with Crippen LogP contribution in [0.25, 0.3) is 0 Å². The van der Waals surface area contributed by atoms with E-state index in [2.05, 4.69) is 4.72 Å². The van der Waals surface area contributed by atoms with Crippen molar-refractivity contribution in [2.24, 2.45) is 11.1 Å². The highest BCUT2D eigenvalue weighted by Crippen LogP contribution is 2.19. The van der Waals surface area contributed by atoms with Gasteiger partial charge in [0, 0.05) is 12.2 Å². The second kappa shape index (κ2) is 5.18. The van der Waals surface area contributed by atoms with Gasteiger partial charge in [0.1, 0.15) is 0 Å². The van der Waals surface area contributed by atoms with Crippen LogP contribution in [0.3, 0.4) is 0 Å². The fourth-order valence-electron chi connectivity index (χ4n) is 1.41. The molecule has 0 spiro atoms. The highest BCUT2D eigenvalue weighted by molar-refractivity contribution is 7.89. The summed E-state index contributed by atoms with van der Waals surface area (Å²) in [6, 6.07) is 4.53. The third-order valence-electron chi connectivity index (χ3n) is 2.86. The van der Waals surface area contributed by atoms with Crippen LogP contribution < -0.4 is 16.2 Å². The summed E-state index contributed by atoms with van der Waals surface area (Å²) in [5, 5.41) is 0. The van der Waals surface area contributed by atoms with Gasteiger partial charge >= 0.3 is 0 Å². The quantitative estimate of drug-likeness (QED) is 0.678. The molecule has 7 heteroatoms. The Morgan fingerprint density at radius 1 is 1.37 bits per heavy atom. The summed E-state index contributed by atoms with van der Waals surface area (Å²) in [6.07, 6.45) is 0. The molecule has 0 aliphatic rings. The molecule has 106 valence electrons. The molecule has 0 saturated carbocycles. The topological polar surface area (TPSA) is 115 Å². The van der Waals surface area contributed by atoms with Crippen LogP contribution in [0.15, 0.2) is 23.1 Å². The minimum atomic E-state index is -3.69. The molecule has 0 unspecified atom stereocenters. The van der Waals surface area contributed by atoms with Crippen molar-refractivity contribution in [3.8, 4) is 0 Å². The van der Waals surface area contributed by atoms with Crippen molar-refractivity contribution in [1.82, 2.24) is 4.72 Å². The lowest BCUT2D eigenvalue weighted by atomic mass is 9.93. The third kappa shape index (κ3) is 3.68. The number of nitrogens with two attached hydrogens (primary N) is 2. The number of nitrogens with one attached hydrogen (secondary N) is 1. The molecule has 1 aromatic carbocycles. The second-order valence-electron chi connectivity index (χ2n) is 5.10. The number of nitrogen functional groups attached to an aromatic ring is 1. The van der Waals surface area contributed by atoms with Crippen molar-refractivity contribution in [3.05, 3.63) is 23.8 Å². The van der Waals surface area contributed by atoms with Crippen molar-refractivity contribution in [1.29, 1.82) is 0 Å². The normalized spacial score (nSPS) is 12.4. The van der Waals surface area contributed by atoms with E-state index in [1.54, 1.807) is 26.8 Å². The first kappa shape index (κ1) is 15.5. The van der Waals surface area contributed by atoms with Crippen LogP contribution in [0.1, 0.15) is 19.4 Å². The Kier molecular flexibility index (Phi) is 4.21. The molecule has 0 bridgehead atoms. The molecule has 1 aromatic rings. The molecule has 0 aliphatic heterocycles. The zero-order valence-electron chi connectivity index (χ0n) is 11.2. The van der Waals surface area contributed by atoms with Crippen molar-refractivity contribution >= 4 is 21.6 Å². The predicted molar refractivity (Wildman–Crippen MR) is 73.8 cm³/mol. The zero-order chi connectivity index (χ0) is 14.8. The highest BCUT2D eigenvalue weighted by atomic mass is 32.2. The van der Waals surface area contributed by atoms with Gasteiger partial charge in [-0.15, -0.1) is 0 Å². The fraction of sp³-hybridized carbons (Fsp3) is 0.417. The van der Waals surface area contributed by atoms with E-state index >= 15 is 0 Å². The van der Waals surface area contributed by atoms with E-state index < -0.39 is 21.3 Å². The molecule has 0 atom stereocenters. The molecule has 0 saturated heterocycles. The van der Waals surface area contributed by atoms with Crippen molar-refractivity contribution in [3.63, 3.8) is 0 Å². The van der Waals surface area contributed by atoms with Gasteiger partial charge in [0.15, 0.2) is 0 Å². The van der Waals surface area contributed by atoms with Crippen LogP contribution in [0.2, 0.25) is 0 Å². The molecule has 0 aromatic heterocycles. The number of anilines is 1. The number of rotatable bonds is 5. The number of aryl methyl sites for hydroxylation is 1. The van der Waals surface area contributed by atoms with Gasteiger partial charge in [-0.3, -0.25) is 4.79 Å². The van der Waals surface area contributed by atoms with Gasteiger partial charge in [-0.1, -0.05) is 0 Å². The lowest BCUT2D eigenvalue weighted by Gasteiger charge is -2.21. The molecule has 0 fully saturated rings. The Bertz CT molecular complexity index is 594. The van der Waals surface area contributed by atoms with Gasteiger partial charge in [0.05, 0.1) is 10.3 Å². The Morgan fingerprint density at radius 2 is 1.95 bits per heavy atom. The van der Waals surface area contributed by atoms with E-state index in [1.807, 2.05) is 0 Å². The summed E-state index contributed by atoms with van der Waals surface area (Å²) in [5.41, 5.74) is 10.9. The first-order valence-corrected chi connectivity index (χ1v) is 7.20. The standard InChI is InChI=1S/C12H19N3O3S/c1-8-6-9(13)4-5-10(8)19(17,18)15-7-12(2,3)11(14)16/h4-6,15H,7,13H2,1-3H3,(H2,14,16). The van der Waals surface area contributed by atoms with Gasteiger partial charge in [-0.05, 0) is 44.5 Å². The Morgan fingerprint density at radius 3 is 2.42 bits per heavy atom. The molecule has 6 nitrogen and oxygen atoms in total. The van der Waals surface area contributed by atoms with Gasteiger partial charge in [-0.25, -0.2) is 13.1 Å². The molecular weight excluding hydrogens is 266 g/mol. The number of benzene rings is 1. The molecular formula is C12H19N3O3S. The van der Waals surface area contributed by atoms with Gasteiger partial charge in [0.25, 0.3) is 0 Å². The molecule has 1 amide bonds. The maximum Gasteiger partial charge on any atom is 0.240 e. The summed E-state index contributed by atoms with van der Waals surface area (Å²) in [4.78, 5) is 11.3. The average molecular weight is 285 g/mol. The molecule has 19 heavy (non-hydrogen) atoms. The smallest absolute Gasteiger partial charge is 0.240 e. The number of sulfonamides is 1. The van der Waals surface area contributed by atoms with E-state index in [0.29, 0.717) is 11.3 Å². The van der Waals surface area contributed by atoms with Crippen LogP contribution in [-0.2, 0) is 14.8 Å². The Hall–Kier alpha value is -1.60. The van der Waals surface area contributed by atoms with Crippen molar-refractivity contribution < 1.29 is 13.2 Å². The second-order valence-corrected chi connectivity index (χ2v) is 6.83. The maximum atomic E-state index is 12.1.